The number of methoxy groups -OCH3 is 1. The average molecular weight is 257 g/mol. The van der Waals surface area contributed by atoms with Crippen LogP contribution >= 0.6 is 0 Å². The molecule has 1 aliphatic heterocycles. The molecule has 0 spiro atoms. The summed E-state index contributed by atoms with van der Waals surface area (Å²) in [5.41, 5.74) is 2.60. The highest BCUT2D eigenvalue weighted by Crippen LogP contribution is 2.23. The number of ether oxygens (including phenoxy) is 1. The Kier molecular flexibility index (Phi) is 3.51. The number of nitrogens with zero attached hydrogens (tertiary/aromatic N) is 2. The first-order valence-electron chi connectivity index (χ1n) is 6.70. The SMILES string of the molecule is COc1ccc(Cn2cncc2C2CCNC2)cc1. The molecule has 4 heteroatoms. The summed E-state index contributed by atoms with van der Waals surface area (Å²) in [5, 5.41) is 3.41. The van der Waals surface area contributed by atoms with Crippen LogP contribution in [0.1, 0.15) is 23.6 Å². The number of aromatic nitrogens is 2. The lowest BCUT2D eigenvalue weighted by atomic mass is 10.1. The fraction of sp³-hybridized carbons (Fsp3) is 0.400. The van der Waals surface area contributed by atoms with Crippen molar-refractivity contribution in [1.82, 2.24) is 14.9 Å². The maximum atomic E-state index is 5.18. The summed E-state index contributed by atoms with van der Waals surface area (Å²) >= 11 is 0. The van der Waals surface area contributed by atoms with E-state index in [1.54, 1.807) is 7.11 Å². The Balaban J connectivity index is 1.77. The number of benzene rings is 1. The minimum absolute atomic E-state index is 0.598. The van der Waals surface area contributed by atoms with Gasteiger partial charge < -0.3 is 14.6 Å². The van der Waals surface area contributed by atoms with Crippen LogP contribution < -0.4 is 10.1 Å². The maximum absolute atomic E-state index is 5.18. The van der Waals surface area contributed by atoms with Crippen molar-refractivity contribution in [3.63, 3.8) is 0 Å². The van der Waals surface area contributed by atoms with Crippen LogP contribution in [0.15, 0.2) is 36.8 Å². The van der Waals surface area contributed by atoms with Crippen molar-refractivity contribution >= 4 is 0 Å². The van der Waals surface area contributed by atoms with Crippen molar-refractivity contribution in [2.45, 2.75) is 18.9 Å². The fourth-order valence-corrected chi connectivity index (χ4v) is 2.64. The summed E-state index contributed by atoms with van der Waals surface area (Å²) in [6.45, 7) is 3.04. The highest BCUT2D eigenvalue weighted by molar-refractivity contribution is 5.27. The highest BCUT2D eigenvalue weighted by Gasteiger charge is 2.19. The Morgan fingerprint density at radius 1 is 1.37 bits per heavy atom. The second-order valence-corrected chi connectivity index (χ2v) is 4.98. The molecule has 0 amide bonds. The molecule has 1 aromatic heterocycles. The van der Waals surface area contributed by atoms with E-state index in [1.807, 2.05) is 24.7 Å². The Morgan fingerprint density at radius 2 is 2.21 bits per heavy atom. The zero-order valence-electron chi connectivity index (χ0n) is 11.2. The van der Waals surface area contributed by atoms with E-state index < -0.39 is 0 Å². The van der Waals surface area contributed by atoms with Gasteiger partial charge in [-0.25, -0.2) is 4.98 Å². The summed E-state index contributed by atoms with van der Waals surface area (Å²) < 4.78 is 7.43. The van der Waals surface area contributed by atoms with Crippen molar-refractivity contribution in [1.29, 1.82) is 0 Å². The van der Waals surface area contributed by atoms with Crippen molar-refractivity contribution in [3.8, 4) is 5.75 Å². The molecular formula is C15H19N3O. The molecule has 1 aromatic carbocycles. The standard InChI is InChI=1S/C15H19N3O/c1-19-14-4-2-12(3-5-14)10-18-11-17-9-15(18)13-6-7-16-8-13/h2-5,9,11,13,16H,6-8,10H2,1H3. The molecule has 2 heterocycles. The molecular weight excluding hydrogens is 238 g/mol. The molecule has 19 heavy (non-hydrogen) atoms. The van der Waals surface area contributed by atoms with Gasteiger partial charge in [-0.05, 0) is 30.7 Å². The van der Waals surface area contributed by atoms with E-state index in [2.05, 4.69) is 27.0 Å². The van der Waals surface area contributed by atoms with E-state index in [9.17, 15) is 0 Å². The van der Waals surface area contributed by atoms with Crippen molar-refractivity contribution in [3.05, 3.63) is 48.0 Å². The molecule has 1 fully saturated rings. The van der Waals surface area contributed by atoms with Gasteiger partial charge in [0.05, 0.1) is 13.4 Å². The molecule has 1 saturated heterocycles. The third-order valence-corrected chi connectivity index (χ3v) is 3.74. The van der Waals surface area contributed by atoms with E-state index in [1.165, 1.54) is 17.7 Å². The van der Waals surface area contributed by atoms with Crippen LogP contribution in [0.2, 0.25) is 0 Å². The monoisotopic (exact) mass is 257 g/mol. The Bertz CT molecular complexity index is 527. The van der Waals surface area contributed by atoms with Crippen molar-refractivity contribution < 1.29 is 4.74 Å². The second-order valence-electron chi connectivity index (χ2n) is 4.98. The lowest BCUT2D eigenvalue weighted by Gasteiger charge is -2.13. The van der Waals surface area contributed by atoms with Crippen LogP contribution in [0.4, 0.5) is 0 Å². The molecule has 2 aromatic rings. The number of hydrogen-bond donors (Lipinski definition) is 1. The molecule has 1 N–H and O–H groups in total. The van der Waals surface area contributed by atoms with Gasteiger partial charge in [0.2, 0.25) is 0 Å². The first-order valence-corrected chi connectivity index (χ1v) is 6.70. The molecule has 0 aliphatic carbocycles. The normalized spacial score (nSPS) is 18.7. The molecule has 100 valence electrons. The van der Waals surface area contributed by atoms with Gasteiger partial charge in [0, 0.05) is 30.9 Å². The topological polar surface area (TPSA) is 39.1 Å². The smallest absolute Gasteiger partial charge is 0.118 e. The van der Waals surface area contributed by atoms with Crippen LogP contribution in [-0.2, 0) is 6.54 Å². The molecule has 3 rings (SSSR count). The molecule has 1 aliphatic rings. The minimum atomic E-state index is 0.598. The lowest BCUT2D eigenvalue weighted by molar-refractivity contribution is 0.414. The zero-order chi connectivity index (χ0) is 13.1. The van der Waals surface area contributed by atoms with Gasteiger partial charge in [-0.2, -0.15) is 0 Å². The zero-order valence-corrected chi connectivity index (χ0v) is 11.2. The van der Waals surface area contributed by atoms with E-state index in [-0.39, 0.29) is 0 Å². The highest BCUT2D eigenvalue weighted by atomic mass is 16.5. The Hall–Kier alpha value is -1.81. The summed E-state index contributed by atoms with van der Waals surface area (Å²) in [7, 11) is 1.69. The van der Waals surface area contributed by atoms with Gasteiger partial charge in [-0.15, -0.1) is 0 Å². The van der Waals surface area contributed by atoms with E-state index in [0.717, 1.165) is 25.4 Å². The van der Waals surface area contributed by atoms with Crippen LogP contribution in [-0.4, -0.2) is 29.8 Å². The van der Waals surface area contributed by atoms with Gasteiger partial charge in [0.1, 0.15) is 5.75 Å². The van der Waals surface area contributed by atoms with Gasteiger partial charge >= 0.3 is 0 Å². The van der Waals surface area contributed by atoms with E-state index in [0.29, 0.717) is 5.92 Å². The van der Waals surface area contributed by atoms with Crippen LogP contribution in [0.5, 0.6) is 5.75 Å². The predicted octanol–water partition coefficient (Wildman–Crippen LogP) is 2.02. The van der Waals surface area contributed by atoms with Gasteiger partial charge in [-0.1, -0.05) is 12.1 Å². The number of rotatable bonds is 4. The van der Waals surface area contributed by atoms with Crippen molar-refractivity contribution in [2.24, 2.45) is 0 Å². The summed E-state index contributed by atoms with van der Waals surface area (Å²) in [4.78, 5) is 4.31. The third-order valence-electron chi connectivity index (χ3n) is 3.74. The molecule has 4 nitrogen and oxygen atoms in total. The number of nitrogens with one attached hydrogen (secondary N) is 1. The molecule has 0 bridgehead atoms. The number of hydrogen-bond acceptors (Lipinski definition) is 3. The van der Waals surface area contributed by atoms with E-state index >= 15 is 0 Å². The van der Waals surface area contributed by atoms with E-state index in [4.69, 9.17) is 4.74 Å². The van der Waals surface area contributed by atoms with Crippen LogP contribution in [0.25, 0.3) is 0 Å². The van der Waals surface area contributed by atoms with Crippen molar-refractivity contribution in [2.75, 3.05) is 20.2 Å². The van der Waals surface area contributed by atoms with Crippen LogP contribution in [0.3, 0.4) is 0 Å². The lowest BCUT2D eigenvalue weighted by Crippen LogP contribution is -2.12. The molecule has 1 atom stereocenters. The minimum Gasteiger partial charge on any atom is -0.497 e. The largest absolute Gasteiger partial charge is 0.497 e. The first kappa shape index (κ1) is 12.2. The fourth-order valence-electron chi connectivity index (χ4n) is 2.64. The molecule has 1 unspecified atom stereocenters. The third kappa shape index (κ3) is 2.63. The number of imidazole rings is 1. The summed E-state index contributed by atoms with van der Waals surface area (Å²) in [6.07, 6.45) is 5.13. The van der Waals surface area contributed by atoms with Gasteiger partial charge in [0.25, 0.3) is 0 Å². The molecule has 0 radical (unpaired) electrons. The Morgan fingerprint density at radius 3 is 2.89 bits per heavy atom. The van der Waals surface area contributed by atoms with Gasteiger partial charge in [0.15, 0.2) is 0 Å². The molecule has 0 saturated carbocycles. The predicted molar refractivity (Wildman–Crippen MR) is 74.6 cm³/mol. The summed E-state index contributed by atoms with van der Waals surface area (Å²) in [6, 6.07) is 8.22. The second kappa shape index (κ2) is 5.45. The summed E-state index contributed by atoms with van der Waals surface area (Å²) in [5.74, 6) is 1.50. The first-order chi connectivity index (χ1) is 9.36. The van der Waals surface area contributed by atoms with Gasteiger partial charge in [-0.3, -0.25) is 0 Å². The Labute approximate surface area is 113 Å². The maximum Gasteiger partial charge on any atom is 0.118 e. The van der Waals surface area contributed by atoms with Crippen LogP contribution in [0, 0.1) is 0 Å². The average Bonchev–Trinajstić information content (AvgIpc) is 3.10. The quantitative estimate of drug-likeness (QED) is 0.910.